The van der Waals surface area contributed by atoms with E-state index >= 15 is 0 Å². The average molecular weight is 273 g/mol. The number of hydrogen-bond acceptors (Lipinski definition) is 4. The van der Waals surface area contributed by atoms with Crippen LogP contribution in [0.4, 0.5) is 0 Å². The lowest BCUT2D eigenvalue weighted by Crippen LogP contribution is -2.23. The second kappa shape index (κ2) is 5.87. The Bertz CT molecular complexity index is 630. The molecule has 4 N–H and O–H groups in total. The summed E-state index contributed by atoms with van der Waals surface area (Å²) in [7, 11) is 1.80. The molecule has 0 saturated carbocycles. The quantitative estimate of drug-likeness (QED) is 0.325. The van der Waals surface area contributed by atoms with Crippen LogP contribution in [0.5, 0.6) is 0 Å². The zero-order chi connectivity index (χ0) is 14.5. The van der Waals surface area contributed by atoms with Gasteiger partial charge in [-0.1, -0.05) is 29.4 Å². The van der Waals surface area contributed by atoms with Crippen LogP contribution in [0.25, 0.3) is 0 Å². The van der Waals surface area contributed by atoms with E-state index < -0.39 is 0 Å². The predicted molar refractivity (Wildman–Crippen MR) is 73.3 cm³/mol. The van der Waals surface area contributed by atoms with Crippen LogP contribution in [0.2, 0.25) is 0 Å². The molecule has 0 bridgehead atoms. The van der Waals surface area contributed by atoms with Gasteiger partial charge >= 0.3 is 0 Å². The molecule has 0 saturated heterocycles. The van der Waals surface area contributed by atoms with E-state index in [0.717, 1.165) is 5.56 Å². The minimum absolute atomic E-state index is 0.0501. The van der Waals surface area contributed by atoms with Crippen molar-refractivity contribution in [3.05, 3.63) is 53.6 Å². The van der Waals surface area contributed by atoms with Crippen molar-refractivity contribution in [2.45, 2.75) is 6.54 Å². The van der Waals surface area contributed by atoms with E-state index in [-0.39, 0.29) is 11.7 Å². The van der Waals surface area contributed by atoms with E-state index in [2.05, 4.69) is 15.5 Å². The van der Waals surface area contributed by atoms with Gasteiger partial charge in [0, 0.05) is 25.4 Å². The Labute approximate surface area is 115 Å². The van der Waals surface area contributed by atoms with Crippen LogP contribution < -0.4 is 11.1 Å². The van der Waals surface area contributed by atoms with Crippen LogP contribution >= 0.6 is 0 Å². The Balaban J connectivity index is 1.96. The van der Waals surface area contributed by atoms with E-state index in [0.29, 0.717) is 17.8 Å². The number of oxime groups is 1. The molecule has 7 heteroatoms. The molecule has 7 nitrogen and oxygen atoms in total. The standard InChI is InChI=1S/C13H15N5O2/c1-18-7-11(16-8-18)13(19)15-6-9-2-4-10(5-3-9)12(14)17-20/h2-5,7-8,20H,6H2,1H3,(H2,14,17)(H,15,19). The highest BCUT2D eigenvalue weighted by Gasteiger charge is 2.08. The molecule has 2 aromatic rings. The number of amidine groups is 1. The number of aryl methyl sites for hydroxylation is 1. The molecule has 0 aliphatic rings. The minimum Gasteiger partial charge on any atom is -0.409 e. The fourth-order valence-corrected chi connectivity index (χ4v) is 1.65. The summed E-state index contributed by atoms with van der Waals surface area (Å²) >= 11 is 0. The molecule has 1 aromatic heterocycles. The summed E-state index contributed by atoms with van der Waals surface area (Å²) in [5.41, 5.74) is 7.36. The first-order chi connectivity index (χ1) is 9.60. The zero-order valence-corrected chi connectivity index (χ0v) is 10.9. The van der Waals surface area contributed by atoms with Crippen LogP contribution in [0, 0.1) is 0 Å². The van der Waals surface area contributed by atoms with Crippen molar-refractivity contribution < 1.29 is 10.0 Å². The third-order valence-corrected chi connectivity index (χ3v) is 2.75. The first-order valence-electron chi connectivity index (χ1n) is 5.93. The molecule has 0 atom stereocenters. The molecule has 20 heavy (non-hydrogen) atoms. The molecule has 0 unspecified atom stereocenters. The second-order valence-electron chi connectivity index (χ2n) is 4.29. The molecule has 0 aliphatic heterocycles. The van der Waals surface area contributed by atoms with Crippen molar-refractivity contribution >= 4 is 11.7 Å². The van der Waals surface area contributed by atoms with Crippen molar-refractivity contribution in [3.8, 4) is 0 Å². The van der Waals surface area contributed by atoms with Gasteiger partial charge in [-0.25, -0.2) is 4.98 Å². The summed E-state index contributed by atoms with van der Waals surface area (Å²) in [6, 6.07) is 7.03. The number of carbonyl (C=O) groups excluding carboxylic acids is 1. The average Bonchev–Trinajstić information content (AvgIpc) is 2.91. The number of amides is 1. The monoisotopic (exact) mass is 273 g/mol. The van der Waals surface area contributed by atoms with Gasteiger partial charge in [0.15, 0.2) is 5.84 Å². The number of rotatable bonds is 4. The molecule has 1 amide bonds. The number of nitrogens with two attached hydrogens (primary N) is 1. The molecular formula is C13H15N5O2. The first kappa shape index (κ1) is 13.6. The predicted octanol–water partition coefficient (Wildman–Crippen LogP) is 0.445. The van der Waals surface area contributed by atoms with Gasteiger partial charge in [-0.15, -0.1) is 0 Å². The van der Waals surface area contributed by atoms with Crippen LogP contribution in [0.1, 0.15) is 21.6 Å². The molecule has 1 heterocycles. The summed E-state index contributed by atoms with van der Waals surface area (Å²) in [5, 5.41) is 14.2. The van der Waals surface area contributed by atoms with Crippen molar-refractivity contribution in [1.29, 1.82) is 0 Å². The maximum atomic E-state index is 11.8. The van der Waals surface area contributed by atoms with Gasteiger partial charge in [0.2, 0.25) is 0 Å². The Hall–Kier alpha value is -2.83. The number of nitrogens with zero attached hydrogens (tertiary/aromatic N) is 3. The normalized spacial score (nSPS) is 11.3. The lowest BCUT2D eigenvalue weighted by atomic mass is 10.1. The number of carbonyl (C=O) groups is 1. The number of benzene rings is 1. The van der Waals surface area contributed by atoms with Gasteiger partial charge in [-0.2, -0.15) is 0 Å². The molecule has 104 valence electrons. The minimum atomic E-state index is -0.230. The highest BCUT2D eigenvalue weighted by molar-refractivity contribution is 5.97. The number of aromatic nitrogens is 2. The van der Waals surface area contributed by atoms with Gasteiger partial charge in [0.05, 0.1) is 6.33 Å². The molecule has 0 aliphatic carbocycles. The van der Waals surface area contributed by atoms with Gasteiger partial charge in [-0.05, 0) is 5.56 Å². The van der Waals surface area contributed by atoms with E-state index in [1.54, 1.807) is 48.4 Å². The Morgan fingerprint density at radius 3 is 2.70 bits per heavy atom. The summed E-state index contributed by atoms with van der Waals surface area (Å²) in [5.74, 6) is -0.180. The fourth-order valence-electron chi connectivity index (χ4n) is 1.65. The lowest BCUT2D eigenvalue weighted by molar-refractivity contribution is 0.0946. The Morgan fingerprint density at radius 2 is 2.15 bits per heavy atom. The van der Waals surface area contributed by atoms with E-state index in [1.807, 2.05) is 0 Å². The number of nitrogens with one attached hydrogen (secondary N) is 1. The molecule has 0 radical (unpaired) electrons. The van der Waals surface area contributed by atoms with Crippen molar-refractivity contribution in [1.82, 2.24) is 14.9 Å². The highest BCUT2D eigenvalue weighted by Crippen LogP contribution is 2.04. The number of hydrogen-bond donors (Lipinski definition) is 3. The molecule has 2 rings (SSSR count). The zero-order valence-electron chi connectivity index (χ0n) is 10.9. The van der Waals surface area contributed by atoms with Gasteiger partial charge in [-0.3, -0.25) is 4.79 Å². The number of imidazole rings is 1. The van der Waals surface area contributed by atoms with E-state index in [1.165, 1.54) is 0 Å². The summed E-state index contributed by atoms with van der Waals surface area (Å²) < 4.78 is 1.71. The van der Waals surface area contributed by atoms with Crippen LogP contribution in [-0.2, 0) is 13.6 Å². The summed E-state index contributed by atoms with van der Waals surface area (Å²) in [4.78, 5) is 15.8. The van der Waals surface area contributed by atoms with E-state index in [9.17, 15) is 4.79 Å². The molecular weight excluding hydrogens is 258 g/mol. The van der Waals surface area contributed by atoms with Gasteiger partial charge < -0.3 is 20.8 Å². The van der Waals surface area contributed by atoms with Crippen molar-refractivity contribution in [3.63, 3.8) is 0 Å². The Kier molecular flexibility index (Phi) is 3.99. The molecule has 0 spiro atoms. The molecule has 1 aromatic carbocycles. The van der Waals surface area contributed by atoms with Crippen molar-refractivity contribution in [2.24, 2.45) is 17.9 Å². The van der Waals surface area contributed by atoms with Crippen molar-refractivity contribution in [2.75, 3.05) is 0 Å². The first-order valence-corrected chi connectivity index (χ1v) is 5.93. The van der Waals surface area contributed by atoms with Gasteiger partial charge in [0.25, 0.3) is 5.91 Å². The lowest BCUT2D eigenvalue weighted by Gasteiger charge is -2.04. The summed E-state index contributed by atoms with van der Waals surface area (Å²) in [6.45, 7) is 0.381. The maximum Gasteiger partial charge on any atom is 0.271 e. The third kappa shape index (κ3) is 3.14. The molecule has 0 fully saturated rings. The largest absolute Gasteiger partial charge is 0.409 e. The summed E-state index contributed by atoms with van der Waals surface area (Å²) in [6.07, 6.45) is 3.22. The Morgan fingerprint density at radius 1 is 1.45 bits per heavy atom. The van der Waals surface area contributed by atoms with Crippen LogP contribution in [0.3, 0.4) is 0 Å². The SMILES string of the molecule is Cn1cnc(C(=O)NCc2ccc(/C(N)=N/O)cc2)c1. The smallest absolute Gasteiger partial charge is 0.271 e. The van der Waals surface area contributed by atoms with Gasteiger partial charge in [0.1, 0.15) is 5.69 Å². The van der Waals surface area contributed by atoms with Crippen LogP contribution in [-0.4, -0.2) is 26.5 Å². The second-order valence-corrected chi connectivity index (χ2v) is 4.29. The van der Waals surface area contributed by atoms with Crippen LogP contribution in [0.15, 0.2) is 41.9 Å². The van der Waals surface area contributed by atoms with E-state index in [4.69, 9.17) is 10.9 Å². The fraction of sp³-hybridized carbons (Fsp3) is 0.154. The maximum absolute atomic E-state index is 11.8. The highest BCUT2D eigenvalue weighted by atomic mass is 16.4. The topological polar surface area (TPSA) is 106 Å². The third-order valence-electron chi connectivity index (χ3n) is 2.75.